The molecule has 0 saturated heterocycles. The summed E-state index contributed by atoms with van der Waals surface area (Å²) in [5, 5.41) is 14.8. The van der Waals surface area contributed by atoms with Crippen molar-refractivity contribution in [2.75, 3.05) is 11.9 Å². The molecule has 0 aromatic heterocycles. The number of carboxylic acid groups (broad SMARTS) is 1. The van der Waals surface area contributed by atoms with E-state index in [9.17, 15) is 9.59 Å². The Bertz CT molecular complexity index is 481. The third kappa shape index (κ3) is 3.23. The van der Waals surface area contributed by atoms with Crippen molar-refractivity contribution >= 4 is 17.6 Å². The molecule has 3 N–H and O–H groups in total. The molecule has 0 unspecified atom stereocenters. The summed E-state index contributed by atoms with van der Waals surface area (Å²) in [5.74, 6) is -1.10. The van der Waals surface area contributed by atoms with Gasteiger partial charge in [-0.25, -0.2) is 4.79 Å². The lowest BCUT2D eigenvalue weighted by atomic mass is 10.1. The van der Waals surface area contributed by atoms with E-state index >= 15 is 0 Å². The van der Waals surface area contributed by atoms with E-state index < -0.39 is 5.97 Å². The predicted molar refractivity (Wildman–Crippen MR) is 67.8 cm³/mol. The molecule has 1 amide bonds. The molecule has 0 bridgehead atoms. The van der Waals surface area contributed by atoms with Crippen LogP contribution in [0.3, 0.4) is 0 Å². The number of aryl methyl sites for hydroxylation is 1. The first kappa shape index (κ1) is 12.4. The fraction of sp³-hybridized carbons (Fsp3) is 0.385. The number of carboxylic acids is 1. The lowest BCUT2D eigenvalue weighted by molar-refractivity contribution is -0.119. The first-order valence-electron chi connectivity index (χ1n) is 5.93. The number of benzene rings is 1. The molecule has 1 aromatic carbocycles. The number of rotatable bonds is 5. The molecule has 5 heteroatoms. The van der Waals surface area contributed by atoms with Crippen LogP contribution in [0.25, 0.3) is 0 Å². The van der Waals surface area contributed by atoms with E-state index in [1.807, 2.05) is 13.0 Å². The fourth-order valence-corrected chi connectivity index (χ4v) is 1.67. The van der Waals surface area contributed by atoms with Crippen LogP contribution < -0.4 is 10.6 Å². The minimum absolute atomic E-state index is 0.0971. The number of carbonyl (C=O) groups excluding carboxylic acids is 1. The third-order valence-corrected chi connectivity index (χ3v) is 2.79. The van der Waals surface area contributed by atoms with E-state index in [4.69, 9.17) is 5.11 Å². The monoisotopic (exact) mass is 248 g/mol. The van der Waals surface area contributed by atoms with Crippen LogP contribution in [0, 0.1) is 6.92 Å². The van der Waals surface area contributed by atoms with Gasteiger partial charge in [0.2, 0.25) is 5.91 Å². The molecule has 0 aliphatic heterocycles. The Morgan fingerprint density at radius 3 is 2.72 bits per heavy atom. The van der Waals surface area contributed by atoms with Crippen molar-refractivity contribution in [3.8, 4) is 0 Å². The summed E-state index contributed by atoms with van der Waals surface area (Å²) in [5.41, 5.74) is 1.54. The zero-order valence-corrected chi connectivity index (χ0v) is 10.2. The smallest absolute Gasteiger partial charge is 0.337 e. The van der Waals surface area contributed by atoms with Gasteiger partial charge in [0.15, 0.2) is 0 Å². The summed E-state index contributed by atoms with van der Waals surface area (Å²) in [6.45, 7) is 1.93. The summed E-state index contributed by atoms with van der Waals surface area (Å²) in [4.78, 5) is 22.6. The van der Waals surface area contributed by atoms with Crippen LogP contribution >= 0.6 is 0 Å². The molecule has 1 aromatic rings. The molecule has 18 heavy (non-hydrogen) atoms. The largest absolute Gasteiger partial charge is 0.478 e. The van der Waals surface area contributed by atoms with Crippen LogP contribution in [0.4, 0.5) is 5.69 Å². The highest BCUT2D eigenvalue weighted by Crippen LogP contribution is 2.19. The van der Waals surface area contributed by atoms with Gasteiger partial charge in [0.1, 0.15) is 0 Å². The van der Waals surface area contributed by atoms with Crippen molar-refractivity contribution in [1.82, 2.24) is 5.32 Å². The molecule has 0 radical (unpaired) electrons. The van der Waals surface area contributed by atoms with Crippen molar-refractivity contribution in [2.45, 2.75) is 25.8 Å². The maximum absolute atomic E-state index is 11.5. The Hall–Kier alpha value is -2.04. The second-order valence-corrected chi connectivity index (χ2v) is 4.55. The van der Waals surface area contributed by atoms with Crippen LogP contribution in [0.5, 0.6) is 0 Å². The van der Waals surface area contributed by atoms with Crippen LogP contribution in [-0.2, 0) is 4.79 Å². The first-order valence-corrected chi connectivity index (χ1v) is 5.93. The lowest BCUT2D eigenvalue weighted by Crippen LogP contribution is -2.31. The predicted octanol–water partition coefficient (Wildman–Crippen LogP) is 1.38. The minimum atomic E-state index is -0.996. The highest BCUT2D eigenvalue weighted by molar-refractivity contribution is 5.95. The summed E-state index contributed by atoms with van der Waals surface area (Å²) in [7, 11) is 0. The van der Waals surface area contributed by atoms with Crippen molar-refractivity contribution in [3.63, 3.8) is 0 Å². The van der Waals surface area contributed by atoms with E-state index in [2.05, 4.69) is 10.6 Å². The van der Waals surface area contributed by atoms with E-state index in [1.54, 1.807) is 12.1 Å². The van der Waals surface area contributed by atoms with Gasteiger partial charge in [0.25, 0.3) is 0 Å². The van der Waals surface area contributed by atoms with Gasteiger partial charge in [-0.15, -0.1) is 0 Å². The molecular weight excluding hydrogens is 232 g/mol. The zero-order valence-electron chi connectivity index (χ0n) is 10.2. The molecule has 5 nitrogen and oxygen atoms in total. The molecule has 0 atom stereocenters. The number of aromatic carboxylic acids is 1. The van der Waals surface area contributed by atoms with Gasteiger partial charge in [-0.1, -0.05) is 11.6 Å². The quantitative estimate of drug-likeness (QED) is 0.735. The van der Waals surface area contributed by atoms with Crippen molar-refractivity contribution < 1.29 is 14.7 Å². The Morgan fingerprint density at radius 1 is 1.39 bits per heavy atom. The molecule has 1 aliphatic rings. The third-order valence-electron chi connectivity index (χ3n) is 2.79. The van der Waals surface area contributed by atoms with Gasteiger partial charge in [0.05, 0.1) is 12.1 Å². The van der Waals surface area contributed by atoms with E-state index in [1.165, 1.54) is 0 Å². The molecule has 2 rings (SSSR count). The number of nitrogens with one attached hydrogen (secondary N) is 2. The first-order chi connectivity index (χ1) is 8.56. The Balaban J connectivity index is 1.99. The van der Waals surface area contributed by atoms with Crippen molar-refractivity contribution in [1.29, 1.82) is 0 Å². The van der Waals surface area contributed by atoms with Crippen molar-refractivity contribution in [2.24, 2.45) is 0 Å². The number of hydrogen-bond donors (Lipinski definition) is 3. The maximum Gasteiger partial charge on any atom is 0.337 e. The lowest BCUT2D eigenvalue weighted by Gasteiger charge is -2.10. The zero-order chi connectivity index (χ0) is 13.1. The minimum Gasteiger partial charge on any atom is -0.478 e. The molecule has 96 valence electrons. The second-order valence-electron chi connectivity index (χ2n) is 4.55. The Morgan fingerprint density at radius 2 is 2.11 bits per heavy atom. The number of amides is 1. The van der Waals surface area contributed by atoms with E-state index in [0.29, 0.717) is 11.7 Å². The topological polar surface area (TPSA) is 78.4 Å². The van der Waals surface area contributed by atoms with Gasteiger partial charge < -0.3 is 15.7 Å². The normalized spacial score (nSPS) is 14.1. The SMILES string of the molecule is Cc1ccc(NCC(=O)NC2CC2)c(C(=O)O)c1. The number of anilines is 1. The number of carbonyl (C=O) groups is 2. The summed E-state index contributed by atoms with van der Waals surface area (Å²) in [6.07, 6.45) is 2.08. The number of hydrogen-bond acceptors (Lipinski definition) is 3. The van der Waals surface area contributed by atoms with Gasteiger partial charge in [-0.05, 0) is 31.9 Å². The van der Waals surface area contributed by atoms with E-state index in [-0.39, 0.29) is 18.0 Å². The van der Waals surface area contributed by atoms with Gasteiger partial charge >= 0.3 is 5.97 Å². The summed E-state index contributed by atoms with van der Waals surface area (Å²) < 4.78 is 0. The van der Waals surface area contributed by atoms with Crippen molar-refractivity contribution in [3.05, 3.63) is 29.3 Å². The Labute approximate surface area is 105 Å². The molecule has 1 aliphatic carbocycles. The highest BCUT2D eigenvalue weighted by atomic mass is 16.4. The van der Waals surface area contributed by atoms with Gasteiger partial charge in [-0.2, -0.15) is 0 Å². The molecule has 1 fully saturated rings. The molecule has 0 spiro atoms. The highest BCUT2D eigenvalue weighted by Gasteiger charge is 2.23. The maximum atomic E-state index is 11.5. The molecule has 0 heterocycles. The molecular formula is C13H16N2O3. The van der Waals surface area contributed by atoms with Crippen LogP contribution in [-0.4, -0.2) is 29.6 Å². The molecule has 1 saturated carbocycles. The van der Waals surface area contributed by atoms with Gasteiger partial charge in [0, 0.05) is 11.7 Å². The van der Waals surface area contributed by atoms with Crippen LogP contribution in [0.2, 0.25) is 0 Å². The Kier molecular flexibility index (Phi) is 3.50. The van der Waals surface area contributed by atoms with Crippen LogP contribution in [0.1, 0.15) is 28.8 Å². The average Bonchev–Trinajstić information content (AvgIpc) is 3.11. The summed E-state index contributed by atoms with van der Waals surface area (Å²) >= 11 is 0. The second kappa shape index (κ2) is 5.08. The van der Waals surface area contributed by atoms with Crippen LogP contribution in [0.15, 0.2) is 18.2 Å². The standard InChI is InChI=1S/C13H16N2O3/c1-8-2-5-11(10(6-8)13(17)18)14-7-12(16)15-9-3-4-9/h2,5-6,9,14H,3-4,7H2,1H3,(H,15,16)(H,17,18). The van der Waals surface area contributed by atoms with Gasteiger partial charge in [-0.3, -0.25) is 4.79 Å². The average molecular weight is 248 g/mol. The fourth-order valence-electron chi connectivity index (χ4n) is 1.67. The van der Waals surface area contributed by atoms with E-state index in [0.717, 1.165) is 18.4 Å². The summed E-state index contributed by atoms with van der Waals surface area (Å²) in [6, 6.07) is 5.40.